The van der Waals surface area contributed by atoms with E-state index in [2.05, 4.69) is 0 Å². The maximum atomic E-state index is 8.34. The van der Waals surface area contributed by atoms with E-state index in [1.54, 1.807) is 0 Å². The van der Waals surface area contributed by atoms with E-state index >= 15 is 0 Å². The van der Waals surface area contributed by atoms with Crippen LogP contribution in [0.15, 0.2) is 0 Å². The molecule has 0 aromatic carbocycles. The van der Waals surface area contributed by atoms with Gasteiger partial charge in [-0.3, -0.25) is 0 Å². The summed E-state index contributed by atoms with van der Waals surface area (Å²) in [5, 5.41) is 0. The second-order valence-electron chi connectivity index (χ2n) is 0. The Labute approximate surface area is 75.9 Å². The summed E-state index contributed by atoms with van der Waals surface area (Å²) in [6.07, 6.45) is 0. The molecule has 0 amide bonds. The molecule has 0 rings (SSSR count). The average molecular weight is 428 g/mol. The van der Waals surface area contributed by atoms with Gasteiger partial charge in [0, 0.05) is 51.7 Å². The van der Waals surface area contributed by atoms with Crippen molar-refractivity contribution in [3.8, 4) is 0 Å². The topological polar surface area (TPSA) is 17.1 Å². The Morgan fingerprint density at radius 2 is 1.25 bits per heavy atom. The van der Waals surface area contributed by atoms with Crippen LogP contribution in [0.5, 0.6) is 0 Å². The van der Waals surface area contributed by atoms with E-state index < -0.39 is 0 Å². The summed E-state index contributed by atoms with van der Waals surface area (Å²) in [7, 11) is 0. The van der Waals surface area contributed by atoms with E-state index in [0.29, 0.717) is 22.5 Å². The van der Waals surface area contributed by atoms with Crippen LogP contribution < -0.4 is 0 Å². The van der Waals surface area contributed by atoms with Gasteiger partial charge in [0.05, 0.1) is 0 Å². The predicted molar refractivity (Wildman–Crippen MR) is 12.2 cm³/mol. The van der Waals surface area contributed by atoms with Gasteiger partial charge in [-0.2, -0.15) is 0 Å². The first-order chi connectivity index (χ1) is 1.00. The third kappa shape index (κ3) is 8.84. The number of hydrogen-bond acceptors (Lipinski definition) is 1. The van der Waals surface area contributed by atoms with Crippen LogP contribution in [0.25, 0.3) is 0 Å². The Hall–Kier alpha value is 2.34. The summed E-state index contributed by atoms with van der Waals surface area (Å²) >= 11 is 0.300. The van der Waals surface area contributed by atoms with Gasteiger partial charge in [-0.05, 0) is 0 Å². The van der Waals surface area contributed by atoms with E-state index in [0.717, 1.165) is 0 Å². The molecule has 0 unspecified atom stereocenters. The molecule has 0 aliphatic rings. The van der Waals surface area contributed by atoms with Crippen LogP contribution >= 0.6 is 0 Å². The standard InChI is InChI=1S/Hf.In.O.Sn. The van der Waals surface area contributed by atoms with Crippen molar-refractivity contribution in [3.05, 3.63) is 0 Å². The van der Waals surface area contributed by atoms with Gasteiger partial charge in [0.15, 0.2) is 0 Å². The van der Waals surface area contributed by atoms with Crippen molar-refractivity contribution in [2.75, 3.05) is 0 Å². The fourth-order valence-electron chi connectivity index (χ4n) is 0. The zero-order valence-electron chi connectivity index (χ0n) is 1.99. The van der Waals surface area contributed by atoms with Crippen LogP contribution in [-0.2, 0) is 28.9 Å². The molecule has 5 radical (unpaired) electrons. The second kappa shape index (κ2) is 18.4. The van der Waals surface area contributed by atoms with Crippen LogP contribution in [0, 0.1) is 0 Å². The molecule has 0 N–H and O–H groups in total. The van der Waals surface area contributed by atoms with Gasteiger partial charge in [0.2, 0.25) is 0 Å². The fraction of sp³-hybridized carbons (Fsp3) is 0. The second-order valence-corrected chi connectivity index (χ2v) is 0. The van der Waals surface area contributed by atoms with Crippen molar-refractivity contribution in [3.63, 3.8) is 0 Å². The Bertz CT molecular complexity index is 8.00. The zero-order valence-corrected chi connectivity index (χ0v) is 11.7. The molecule has 17 valence electrons. The third-order valence-corrected chi connectivity index (χ3v) is 0. The Morgan fingerprint density at radius 3 is 1.25 bits per heavy atom. The van der Waals surface area contributed by atoms with Crippen LogP contribution in [0.3, 0.4) is 0 Å². The quantitative estimate of drug-likeness (QED) is 0.459. The number of rotatable bonds is 0. The van der Waals surface area contributed by atoms with Crippen molar-refractivity contribution in [2.45, 2.75) is 0 Å². The van der Waals surface area contributed by atoms with Crippen molar-refractivity contribution in [1.29, 1.82) is 0 Å². The SMILES string of the molecule is [Hf].[In].[O]=[Sn]. The zero-order chi connectivity index (χ0) is 2.00. The Kier molecular flexibility index (Phi) is 74.4. The minimum atomic E-state index is 0. The van der Waals surface area contributed by atoms with Crippen LogP contribution in [0.4, 0.5) is 0 Å². The molecule has 0 aromatic rings. The minimum absolute atomic E-state index is 0. The molecular formula is HfInOSn. The predicted octanol–water partition coefficient (Wildman–Crippen LogP) is -0.883. The van der Waals surface area contributed by atoms with E-state index in [1.165, 1.54) is 0 Å². The molecule has 0 spiro atoms. The van der Waals surface area contributed by atoms with E-state index in [9.17, 15) is 0 Å². The summed E-state index contributed by atoms with van der Waals surface area (Å²) in [6.45, 7) is 0. The van der Waals surface area contributed by atoms with Crippen molar-refractivity contribution in [1.82, 2.24) is 0 Å². The fourth-order valence-corrected chi connectivity index (χ4v) is 0. The first kappa shape index (κ1) is 16.2. The van der Waals surface area contributed by atoms with Crippen molar-refractivity contribution < 1.29 is 28.9 Å². The van der Waals surface area contributed by atoms with Gasteiger partial charge >= 0.3 is 25.6 Å². The van der Waals surface area contributed by atoms with Gasteiger partial charge in [0.1, 0.15) is 0 Å². The summed E-state index contributed by atoms with van der Waals surface area (Å²) in [4.78, 5) is 0. The van der Waals surface area contributed by atoms with Crippen molar-refractivity contribution in [2.24, 2.45) is 0 Å². The van der Waals surface area contributed by atoms with E-state index in [4.69, 9.17) is 3.08 Å². The molecule has 0 heterocycles. The average Bonchev–Trinajstić information content (AvgIpc) is 1.00. The van der Waals surface area contributed by atoms with Gasteiger partial charge in [0.25, 0.3) is 0 Å². The van der Waals surface area contributed by atoms with Crippen LogP contribution in [0.2, 0.25) is 0 Å². The molecule has 4 heteroatoms. The maximum absolute atomic E-state index is 8.34. The van der Waals surface area contributed by atoms with Gasteiger partial charge in [-0.25, -0.2) is 0 Å². The molecule has 0 atom stereocenters. The summed E-state index contributed by atoms with van der Waals surface area (Å²) in [5.41, 5.74) is 0. The molecular weight excluding hydrogens is 428 g/mol. The third-order valence-electron chi connectivity index (χ3n) is 0. The monoisotopic (exact) mass is 431 g/mol. The van der Waals surface area contributed by atoms with Gasteiger partial charge < -0.3 is 0 Å². The molecule has 0 aliphatic carbocycles. The molecule has 0 fully saturated rings. The Morgan fingerprint density at radius 1 is 1.25 bits per heavy atom. The molecule has 0 bridgehead atoms. The molecule has 0 saturated heterocycles. The molecule has 0 aliphatic heterocycles. The van der Waals surface area contributed by atoms with Gasteiger partial charge in [-0.15, -0.1) is 0 Å². The normalized spacial score (nSPS) is 1.00. The first-order valence-electron chi connectivity index (χ1n) is 0.204. The molecule has 1 nitrogen and oxygen atoms in total. The van der Waals surface area contributed by atoms with E-state index in [-0.39, 0.29) is 51.7 Å². The molecule has 0 saturated carbocycles. The van der Waals surface area contributed by atoms with Crippen LogP contribution in [-0.4, -0.2) is 48.4 Å². The summed E-state index contributed by atoms with van der Waals surface area (Å²) in [6, 6.07) is 0. The van der Waals surface area contributed by atoms with E-state index in [1.807, 2.05) is 0 Å². The number of hydrogen-bond donors (Lipinski definition) is 0. The summed E-state index contributed by atoms with van der Waals surface area (Å²) < 4.78 is 8.34. The molecule has 0 aromatic heterocycles. The van der Waals surface area contributed by atoms with Crippen molar-refractivity contribution >= 4 is 48.4 Å². The van der Waals surface area contributed by atoms with Gasteiger partial charge in [-0.1, -0.05) is 0 Å². The Balaban J connectivity index is -0.00000000500. The molecule has 4 heavy (non-hydrogen) atoms. The first-order valence-corrected chi connectivity index (χ1v) is 1.37. The summed E-state index contributed by atoms with van der Waals surface area (Å²) in [5.74, 6) is 0. The van der Waals surface area contributed by atoms with Crippen LogP contribution in [0.1, 0.15) is 0 Å².